The van der Waals surface area contributed by atoms with Crippen LogP contribution in [0.5, 0.6) is 0 Å². The van der Waals surface area contributed by atoms with E-state index in [-0.39, 0.29) is 59.9 Å². The van der Waals surface area contributed by atoms with Crippen LogP contribution < -0.4 is 0 Å². The van der Waals surface area contributed by atoms with Crippen molar-refractivity contribution in [1.82, 2.24) is 9.97 Å². The molecule has 1 radical (unpaired) electrons. The van der Waals surface area contributed by atoms with Crippen LogP contribution in [0.1, 0.15) is 80.0 Å². The molecule has 0 saturated heterocycles. The average Bonchev–Trinajstić information content (AvgIpc) is 3.66. The first-order chi connectivity index (χ1) is 30.4. The maximum Gasteiger partial charge on any atom is 0.130 e. The molecule has 3 aromatic heterocycles. The molecule has 9 rings (SSSR count). The van der Waals surface area contributed by atoms with Gasteiger partial charge in [-0.05, 0) is 102 Å². The third-order valence-corrected chi connectivity index (χ3v) is 10.3. The number of hydrogen-bond donors (Lipinski definition) is 0. The van der Waals surface area contributed by atoms with Crippen LogP contribution in [0.4, 0.5) is 0 Å². The Morgan fingerprint density at radius 1 is 0.804 bits per heavy atom. The number of furan rings is 1. The number of benzene rings is 5. The number of nitriles is 1. The van der Waals surface area contributed by atoms with Gasteiger partial charge in [0.2, 0.25) is 0 Å². The van der Waals surface area contributed by atoms with Gasteiger partial charge in [-0.25, -0.2) is 0 Å². The molecule has 1 fully saturated rings. The van der Waals surface area contributed by atoms with Gasteiger partial charge in [0.1, 0.15) is 5.58 Å². The minimum Gasteiger partial charge on any atom is -0.500 e. The molecule has 0 N–H and O–H groups in total. The first kappa shape index (κ1) is 28.7. The Kier molecular flexibility index (Phi) is 8.51. The number of aromatic nitrogens is 2. The molecule has 1 aliphatic rings. The van der Waals surface area contributed by atoms with Crippen molar-refractivity contribution < 1.29 is 36.9 Å². The van der Waals surface area contributed by atoms with Crippen molar-refractivity contribution in [1.29, 1.82) is 5.26 Å². The Balaban J connectivity index is 0.000000313. The second-order valence-corrected chi connectivity index (χ2v) is 14.5. The van der Waals surface area contributed by atoms with E-state index < -0.39 is 19.6 Å². The third-order valence-electron chi connectivity index (χ3n) is 10.3. The van der Waals surface area contributed by atoms with Crippen molar-refractivity contribution in [2.24, 2.45) is 5.41 Å². The molecule has 1 aliphatic carbocycles. The minimum absolute atomic E-state index is 0. The number of pyridine rings is 2. The molecule has 5 aromatic carbocycles. The van der Waals surface area contributed by atoms with E-state index in [0.29, 0.717) is 52.0 Å². The van der Waals surface area contributed by atoms with Crippen molar-refractivity contribution in [2.75, 3.05) is 0 Å². The number of aryl methyl sites for hydroxylation is 2. The Bertz CT molecular complexity index is 3020. The molecule has 5 heteroatoms. The van der Waals surface area contributed by atoms with Crippen molar-refractivity contribution in [3.63, 3.8) is 0 Å². The topological polar surface area (TPSA) is 62.7 Å². The molecule has 3 heterocycles. The van der Waals surface area contributed by atoms with Gasteiger partial charge in [-0.3, -0.25) is 0 Å². The molecule has 0 bridgehead atoms. The predicted octanol–water partition coefficient (Wildman–Crippen LogP) is 13.5. The zero-order valence-electron chi connectivity index (χ0n) is 40.0. The Morgan fingerprint density at radius 2 is 1.57 bits per heavy atom. The second-order valence-electron chi connectivity index (χ2n) is 14.5. The van der Waals surface area contributed by atoms with Crippen LogP contribution in [-0.4, -0.2) is 9.97 Å². The van der Waals surface area contributed by atoms with Crippen LogP contribution in [0.3, 0.4) is 0 Å². The van der Waals surface area contributed by atoms with Gasteiger partial charge in [0.05, 0.1) is 20.0 Å². The number of hydrogen-bond acceptors (Lipinski definition) is 4. The molecule has 0 spiro atoms. The van der Waals surface area contributed by atoms with E-state index in [0.717, 1.165) is 40.4 Å². The van der Waals surface area contributed by atoms with Crippen LogP contribution in [0, 0.1) is 42.6 Å². The smallest absolute Gasteiger partial charge is 0.130 e. The van der Waals surface area contributed by atoms with Crippen LogP contribution in [0.2, 0.25) is 0 Å². The maximum absolute atomic E-state index is 9.95. The third kappa shape index (κ3) is 8.00. The summed E-state index contributed by atoms with van der Waals surface area (Å²) in [6, 6.07) is 41.0. The summed E-state index contributed by atoms with van der Waals surface area (Å²) in [5, 5.41) is 11.5. The molecule has 56 heavy (non-hydrogen) atoms. The van der Waals surface area contributed by atoms with E-state index in [2.05, 4.69) is 42.0 Å². The number of nitrogens with zero attached hydrogens (tertiary/aromatic N) is 3. The summed E-state index contributed by atoms with van der Waals surface area (Å²) in [6.45, 7) is -0.245. The molecular formula is C51H43IrN3O-2. The molecule has 0 aliphatic heterocycles. The zero-order valence-corrected chi connectivity index (χ0v) is 33.4. The first-order valence-electron chi connectivity index (χ1n) is 22.8. The normalized spacial score (nSPS) is 17.1. The van der Waals surface area contributed by atoms with E-state index in [9.17, 15) is 6.63 Å². The Hall–Kier alpha value is -5.66. The van der Waals surface area contributed by atoms with E-state index in [1.807, 2.05) is 60.7 Å². The van der Waals surface area contributed by atoms with Gasteiger partial charge in [-0.1, -0.05) is 104 Å². The Labute approximate surface area is 356 Å². The summed E-state index contributed by atoms with van der Waals surface area (Å²) in [5.41, 5.74) is 6.82. The van der Waals surface area contributed by atoms with Crippen molar-refractivity contribution in [3.05, 3.63) is 168 Å². The monoisotopic (exact) mass is 915 g/mol. The van der Waals surface area contributed by atoms with E-state index in [4.69, 9.17) is 15.4 Å². The molecule has 0 atom stereocenters. The van der Waals surface area contributed by atoms with Crippen molar-refractivity contribution >= 4 is 21.9 Å². The molecule has 0 amide bonds. The summed E-state index contributed by atoms with van der Waals surface area (Å²) in [5.74, 6) is -0.897. The largest absolute Gasteiger partial charge is 0.500 e. The first-order valence-corrected chi connectivity index (χ1v) is 18.3. The fourth-order valence-electron chi connectivity index (χ4n) is 7.14. The van der Waals surface area contributed by atoms with E-state index in [1.165, 1.54) is 12.4 Å². The number of fused-ring (bicyclic) bond motifs is 3. The second kappa shape index (κ2) is 16.6. The van der Waals surface area contributed by atoms with Crippen molar-refractivity contribution in [2.45, 2.75) is 59.1 Å². The number of rotatable bonds is 5. The molecule has 4 nitrogen and oxygen atoms in total. The van der Waals surface area contributed by atoms with Gasteiger partial charge in [0, 0.05) is 53.0 Å². The summed E-state index contributed by atoms with van der Waals surface area (Å²) in [4.78, 5) is 8.68. The molecule has 0 unspecified atom stereocenters. The van der Waals surface area contributed by atoms with Gasteiger partial charge in [-0.2, -0.15) is 5.26 Å². The van der Waals surface area contributed by atoms with Crippen LogP contribution in [-0.2, 0) is 20.1 Å². The quantitative estimate of drug-likeness (QED) is 0.161. The SMILES string of the molecule is [2H]C([2H])([2H])c1ccc(-c2[c-]cccc2)nc1.[2H]c1cc(C2([2H])CCC(C)(C)CC2)cc([2H])c1-c1cc(-c2[c-]ccc3c2oc2c(-c4ccccc4)c(C#N)ccc23)ncc1C([2H])([2H])[2H].[Ir]. The minimum atomic E-state index is -2.56. The van der Waals surface area contributed by atoms with Gasteiger partial charge < -0.3 is 14.4 Å². The average molecular weight is 915 g/mol. The molecule has 1 saturated carbocycles. The summed E-state index contributed by atoms with van der Waals surface area (Å²) < 4.78 is 80.4. The van der Waals surface area contributed by atoms with Crippen LogP contribution in [0.25, 0.3) is 66.7 Å². The molecule has 279 valence electrons. The standard InChI is InChI=1S/C39H33N2O.C12H10N.Ir/c1-25-24-41-35(22-34(25)28-14-12-26(13-15-28)27-18-20-39(2,3)21-19-27)33-11-7-10-31-32-17-16-30(23-40)36(38(32)42-37(31)33)29-8-5-4-6-9-29;1-10-7-8-12(13-9-10)11-5-3-2-4-6-11;/h4-10,12-17,22,24,27H,18-21H2,1-3H3;2-5,7-9H,1H3;/q2*-1;/i1D3,14D,15D,27D;1D3;. The van der Waals surface area contributed by atoms with Crippen molar-refractivity contribution in [3.8, 4) is 50.8 Å². The van der Waals surface area contributed by atoms with Gasteiger partial charge in [0.15, 0.2) is 0 Å². The molecule has 8 aromatic rings. The fraction of sp³-hybridized carbons (Fsp3) is 0.196. The zero-order chi connectivity index (χ0) is 45.6. The van der Waals surface area contributed by atoms with E-state index >= 15 is 0 Å². The Morgan fingerprint density at radius 3 is 2.27 bits per heavy atom. The van der Waals surface area contributed by atoms with Gasteiger partial charge in [0.25, 0.3) is 0 Å². The van der Waals surface area contributed by atoms with Gasteiger partial charge >= 0.3 is 0 Å². The summed E-state index contributed by atoms with van der Waals surface area (Å²) >= 11 is 0. The fourth-order valence-corrected chi connectivity index (χ4v) is 7.14. The predicted molar refractivity (Wildman–Crippen MR) is 224 cm³/mol. The van der Waals surface area contributed by atoms with Gasteiger partial charge in [-0.15, -0.1) is 54.1 Å². The van der Waals surface area contributed by atoms with Crippen LogP contribution in [0.15, 0.2) is 138 Å². The summed E-state index contributed by atoms with van der Waals surface area (Å²) in [6.07, 6.45) is 5.71. The maximum atomic E-state index is 9.95. The van der Waals surface area contributed by atoms with Crippen LogP contribution >= 0.6 is 0 Å². The van der Waals surface area contributed by atoms with E-state index in [1.54, 1.807) is 48.5 Å². The summed E-state index contributed by atoms with van der Waals surface area (Å²) in [7, 11) is 0. The molecular weight excluding hydrogens is 863 g/mol.